The first-order valence-electron chi connectivity index (χ1n) is 9.06. The Labute approximate surface area is 156 Å². The normalized spacial score (nSPS) is 15.7. The minimum atomic E-state index is 0.168. The summed E-state index contributed by atoms with van der Waals surface area (Å²) < 4.78 is 5.42. The molecule has 7 heteroatoms. The number of methoxy groups -OCH3 is 1. The van der Waals surface area contributed by atoms with Gasteiger partial charge in [-0.1, -0.05) is 18.2 Å². The number of piperazine rings is 1. The van der Waals surface area contributed by atoms with Crippen molar-refractivity contribution in [1.82, 2.24) is 20.0 Å². The van der Waals surface area contributed by atoms with Crippen LogP contribution in [0.1, 0.15) is 12.5 Å². The van der Waals surface area contributed by atoms with Gasteiger partial charge in [-0.25, -0.2) is 0 Å². The van der Waals surface area contributed by atoms with Crippen LogP contribution in [0, 0.1) is 0 Å². The predicted octanol–water partition coefficient (Wildman–Crippen LogP) is 0.867. The van der Waals surface area contributed by atoms with Crippen LogP contribution < -0.4 is 10.1 Å². The van der Waals surface area contributed by atoms with E-state index in [-0.39, 0.29) is 5.91 Å². The summed E-state index contributed by atoms with van der Waals surface area (Å²) in [5.41, 5.74) is 1.13. The summed E-state index contributed by atoms with van der Waals surface area (Å²) >= 11 is 0. The minimum Gasteiger partial charge on any atom is -0.496 e. The smallest absolute Gasteiger partial charge is 0.219 e. The van der Waals surface area contributed by atoms with Crippen LogP contribution in [0.3, 0.4) is 0 Å². The Bertz CT molecular complexity index is 612. The number of carbonyl (C=O) groups is 1. The Kier molecular flexibility index (Phi) is 7.72. The van der Waals surface area contributed by atoms with Crippen molar-refractivity contribution in [2.24, 2.45) is 4.99 Å². The summed E-state index contributed by atoms with van der Waals surface area (Å²) in [4.78, 5) is 22.1. The van der Waals surface area contributed by atoms with E-state index in [1.807, 2.05) is 30.1 Å². The fourth-order valence-electron chi connectivity index (χ4n) is 3.16. The second-order valence-corrected chi connectivity index (χ2v) is 6.49. The van der Waals surface area contributed by atoms with Gasteiger partial charge in [-0.05, 0) is 6.07 Å². The monoisotopic (exact) mass is 361 g/mol. The number of benzene rings is 1. The maximum atomic E-state index is 11.4. The number of nitrogens with zero attached hydrogens (tertiary/aromatic N) is 4. The van der Waals surface area contributed by atoms with E-state index in [4.69, 9.17) is 4.74 Å². The second kappa shape index (κ2) is 10.0. The first kappa shape index (κ1) is 20.0. The van der Waals surface area contributed by atoms with Crippen molar-refractivity contribution in [2.75, 3.05) is 60.5 Å². The molecule has 0 saturated carbocycles. The zero-order chi connectivity index (χ0) is 18.9. The van der Waals surface area contributed by atoms with Crippen molar-refractivity contribution in [3.63, 3.8) is 0 Å². The Hall–Kier alpha value is -2.28. The highest BCUT2D eigenvalue weighted by atomic mass is 16.5. The molecule has 0 aromatic heterocycles. The lowest BCUT2D eigenvalue weighted by molar-refractivity contribution is -0.130. The molecule has 0 radical (unpaired) electrons. The third-order valence-corrected chi connectivity index (χ3v) is 4.70. The number of amides is 1. The standard InChI is InChI=1S/C19H31N5O2/c1-16(25)24-13-11-23(12-14-24)10-9-21-19(20-2)22(3)15-17-7-5-6-8-18(17)26-4/h5-8H,9-15H2,1-4H3,(H,20,21). The molecule has 0 spiro atoms. The van der Waals surface area contributed by atoms with Gasteiger partial charge in [-0.2, -0.15) is 0 Å². The van der Waals surface area contributed by atoms with Crippen LogP contribution in [0.15, 0.2) is 29.3 Å². The Morgan fingerprint density at radius 1 is 1.27 bits per heavy atom. The quantitative estimate of drug-likeness (QED) is 0.602. The maximum Gasteiger partial charge on any atom is 0.219 e. The fraction of sp³-hybridized carbons (Fsp3) is 0.579. The first-order chi connectivity index (χ1) is 12.5. The van der Waals surface area contributed by atoms with Crippen LogP contribution in [-0.2, 0) is 11.3 Å². The molecule has 1 amide bonds. The van der Waals surface area contributed by atoms with Gasteiger partial charge in [-0.15, -0.1) is 0 Å². The molecule has 1 aromatic rings. The van der Waals surface area contributed by atoms with Gasteiger partial charge in [0.15, 0.2) is 5.96 Å². The van der Waals surface area contributed by atoms with Crippen LogP contribution in [0.2, 0.25) is 0 Å². The van der Waals surface area contributed by atoms with Crippen LogP contribution >= 0.6 is 0 Å². The van der Waals surface area contributed by atoms with E-state index in [9.17, 15) is 4.79 Å². The lowest BCUT2D eigenvalue weighted by Gasteiger charge is -2.34. The van der Waals surface area contributed by atoms with E-state index in [0.29, 0.717) is 0 Å². The molecular formula is C19H31N5O2. The third-order valence-electron chi connectivity index (χ3n) is 4.70. The fourth-order valence-corrected chi connectivity index (χ4v) is 3.16. The van der Waals surface area contributed by atoms with Crippen LogP contribution in [0.4, 0.5) is 0 Å². The molecule has 1 aliphatic rings. The van der Waals surface area contributed by atoms with E-state index >= 15 is 0 Å². The third kappa shape index (κ3) is 5.62. The molecule has 1 N–H and O–H groups in total. The van der Waals surface area contributed by atoms with Crippen molar-refractivity contribution >= 4 is 11.9 Å². The summed E-state index contributed by atoms with van der Waals surface area (Å²) in [6.45, 7) is 7.61. The summed E-state index contributed by atoms with van der Waals surface area (Å²) in [5, 5.41) is 3.42. The molecule has 7 nitrogen and oxygen atoms in total. The van der Waals surface area contributed by atoms with Gasteiger partial charge in [0.2, 0.25) is 5.91 Å². The molecule has 0 bridgehead atoms. The van der Waals surface area contributed by atoms with E-state index in [1.54, 1.807) is 21.1 Å². The van der Waals surface area contributed by atoms with E-state index < -0.39 is 0 Å². The zero-order valence-electron chi connectivity index (χ0n) is 16.4. The highest BCUT2D eigenvalue weighted by Crippen LogP contribution is 2.18. The number of nitrogens with one attached hydrogen (secondary N) is 1. The Morgan fingerprint density at radius 2 is 1.96 bits per heavy atom. The van der Waals surface area contributed by atoms with Crippen LogP contribution in [0.5, 0.6) is 5.75 Å². The van der Waals surface area contributed by atoms with E-state index in [2.05, 4.69) is 26.2 Å². The molecule has 1 heterocycles. The second-order valence-electron chi connectivity index (χ2n) is 6.49. The number of ether oxygens (including phenoxy) is 1. The van der Waals surface area contributed by atoms with Gasteiger partial charge in [0.25, 0.3) is 0 Å². The molecule has 1 aromatic carbocycles. The number of hydrogen-bond acceptors (Lipinski definition) is 4. The topological polar surface area (TPSA) is 60.4 Å². The largest absolute Gasteiger partial charge is 0.496 e. The van der Waals surface area contributed by atoms with Gasteiger partial charge in [0.05, 0.1) is 7.11 Å². The van der Waals surface area contributed by atoms with Crippen molar-refractivity contribution in [2.45, 2.75) is 13.5 Å². The van der Waals surface area contributed by atoms with Crippen molar-refractivity contribution < 1.29 is 9.53 Å². The van der Waals surface area contributed by atoms with Gasteiger partial charge in [0, 0.05) is 72.4 Å². The SMILES string of the molecule is CN=C(NCCN1CCN(C(C)=O)CC1)N(C)Cc1ccccc1OC. The molecule has 26 heavy (non-hydrogen) atoms. The lowest BCUT2D eigenvalue weighted by Crippen LogP contribution is -2.50. The molecule has 1 aliphatic heterocycles. The Morgan fingerprint density at radius 3 is 2.58 bits per heavy atom. The summed E-state index contributed by atoms with van der Waals surface area (Å²) in [6.07, 6.45) is 0. The Balaban J connectivity index is 1.78. The molecule has 0 atom stereocenters. The summed E-state index contributed by atoms with van der Waals surface area (Å²) in [6, 6.07) is 8.03. The molecule has 0 aliphatic carbocycles. The number of carbonyl (C=O) groups excluding carboxylic acids is 1. The molecular weight excluding hydrogens is 330 g/mol. The molecule has 2 rings (SSSR count). The lowest BCUT2D eigenvalue weighted by atomic mass is 10.2. The van der Waals surface area contributed by atoms with Gasteiger partial charge in [-0.3, -0.25) is 14.7 Å². The number of hydrogen-bond donors (Lipinski definition) is 1. The van der Waals surface area contributed by atoms with Crippen LogP contribution in [-0.4, -0.2) is 87.0 Å². The van der Waals surface area contributed by atoms with Gasteiger partial charge >= 0.3 is 0 Å². The average Bonchev–Trinajstić information content (AvgIpc) is 2.66. The van der Waals surface area contributed by atoms with Crippen molar-refractivity contribution in [3.8, 4) is 5.75 Å². The maximum absolute atomic E-state index is 11.4. The molecule has 1 saturated heterocycles. The van der Waals surface area contributed by atoms with Gasteiger partial charge < -0.3 is 19.9 Å². The first-order valence-corrected chi connectivity index (χ1v) is 9.06. The number of rotatable bonds is 6. The zero-order valence-corrected chi connectivity index (χ0v) is 16.4. The number of guanidine groups is 1. The summed E-state index contributed by atoms with van der Waals surface area (Å²) in [7, 11) is 5.51. The minimum absolute atomic E-state index is 0.168. The van der Waals surface area contributed by atoms with Crippen molar-refractivity contribution in [3.05, 3.63) is 29.8 Å². The molecule has 0 unspecified atom stereocenters. The van der Waals surface area contributed by atoms with Crippen LogP contribution in [0.25, 0.3) is 0 Å². The summed E-state index contributed by atoms with van der Waals surface area (Å²) in [5.74, 6) is 1.91. The van der Waals surface area contributed by atoms with Gasteiger partial charge in [0.1, 0.15) is 5.75 Å². The van der Waals surface area contributed by atoms with E-state index in [0.717, 1.165) is 63.1 Å². The molecule has 1 fully saturated rings. The molecule has 144 valence electrons. The van der Waals surface area contributed by atoms with E-state index in [1.165, 1.54) is 0 Å². The number of aliphatic imine (C=N–C) groups is 1. The number of para-hydroxylation sites is 1. The average molecular weight is 361 g/mol. The van der Waals surface area contributed by atoms with Crippen molar-refractivity contribution in [1.29, 1.82) is 0 Å². The predicted molar refractivity (Wildman–Crippen MR) is 105 cm³/mol. The highest BCUT2D eigenvalue weighted by molar-refractivity contribution is 5.79. The highest BCUT2D eigenvalue weighted by Gasteiger charge is 2.18.